The van der Waals surface area contributed by atoms with Gasteiger partial charge in [-0.1, -0.05) is 0 Å². The second-order valence-electron chi connectivity index (χ2n) is 4.89. The van der Waals surface area contributed by atoms with Gasteiger partial charge in [0, 0.05) is 19.0 Å². The highest BCUT2D eigenvalue weighted by atomic mass is 32.3. The van der Waals surface area contributed by atoms with Crippen LogP contribution in [-0.4, -0.2) is 37.9 Å². The van der Waals surface area contributed by atoms with Gasteiger partial charge in [-0.2, -0.15) is 0 Å². The first kappa shape index (κ1) is 15.3. The molecule has 124 valence electrons. The largest absolute Gasteiger partial charge is 0.502 e. The molecule has 2 bridgehead atoms. The Kier molecular flexibility index (Phi) is 3.48. The molecule has 2 heterocycles. The first-order valence-electron chi connectivity index (χ1n) is 6.66. The van der Waals surface area contributed by atoms with Crippen LogP contribution in [0.5, 0.6) is 17.4 Å². The Bertz CT molecular complexity index is 901. The van der Waals surface area contributed by atoms with Gasteiger partial charge in [-0.15, -0.1) is 13.1 Å². The first-order valence-corrected chi connectivity index (χ1v) is 7.99. The lowest BCUT2D eigenvalue weighted by Gasteiger charge is -2.12. The number of ether oxygens (including phenoxy) is 1. The fourth-order valence-corrected chi connectivity index (χ4v) is 3.27. The molecule has 0 saturated heterocycles. The van der Waals surface area contributed by atoms with Crippen molar-refractivity contribution in [3.63, 3.8) is 0 Å². The molecule has 1 aromatic heterocycles. The normalized spacial score (nSPS) is 14.9. The zero-order valence-electron chi connectivity index (χ0n) is 12.3. The molecular weight excluding hydrogens is 328 g/mol. The molecule has 0 unspecified atom stereocenters. The predicted molar refractivity (Wildman–Crippen MR) is 78.2 cm³/mol. The van der Waals surface area contributed by atoms with Crippen molar-refractivity contribution < 1.29 is 31.5 Å². The van der Waals surface area contributed by atoms with Crippen molar-refractivity contribution in [2.75, 3.05) is 13.7 Å². The second kappa shape index (κ2) is 5.23. The number of benzene rings is 1. The first-order chi connectivity index (χ1) is 10.8. The van der Waals surface area contributed by atoms with E-state index >= 15 is 0 Å². The summed E-state index contributed by atoms with van der Waals surface area (Å²) in [5.41, 5.74) is 0.703. The van der Waals surface area contributed by atoms with Crippen LogP contribution < -0.4 is 18.4 Å². The summed E-state index contributed by atoms with van der Waals surface area (Å²) in [6.45, 7) is 1.61. The van der Waals surface area contributed by atoms with Crippen molar-refractivity contribution in [2.45, 2.75) is 13.3 Å². The summed E-state index contributed by atoms with van der Waals surface area (Å²) in [6, 6.07) is 3.03. The van der Waals surface area contributed by atoms with Crippen molar-refractivity contribution in [3.05, 3.63) is 17.7 Å². The van der Waals surface area contributed by atoms with Gasteiger partial charge in [0.05, 0.1) is 18.0 Å². The summed E-state index contributed by atoms with van der Waals surface area (Å²) < 4.78 is 39.3. The fraction of sp³-hybridized carbons (Fsp3) is 0.308. The van der Waals surface area contributed by atoms with Crippen molar-refractivity contribution in [1.82, 2.24) is 10.0 Å². The van der Waals surface area contributed by atoms with Crippen molar-refractivity contribution in [3.8, 4) is 17.4 Å². The number of aromatic nitrogens is 1. The summed E-state index contributed by atoms with van der Waals surface area (Å²) >= 11 is 0. The van der Waals surface area contributed by atoms with E-state index in [1.54, 1.807) is 6.07 Å². The van der Waals surface area contributed by atoms with Crippen LogP contribution in [-0.2, 0) is 21.6 Å². The standard InChI is InChI=1S/C13H14N2O7S/c1-7(16)14-6-5-8-11-9-3-4-10(20-2)12(11)21-23(18,19)22-13(8)15(9)17/h3-4,17H,5-6H2,1-2H3,(H,14,16). The van der Waals surface area contributed by atoms with Crippen LogP contribution >= 0.6 is 0 Å². The predicted octanol–water partition coefficient (Wildman–Crippen LogP) is 0.582. The highest BCUT2D eigenvalue weighted by molar-refractivity contribution is 7.82. The van der Waals surface area contributed by atoms with E-state index in [0.29, 0.717) is 21.2 Å². The van der Waals surface area contributed by atoms with E-state index in [1.807, 2.05) is 0 Å². The molecule has 2 N–H and O–H groups in total. The lowest BCUT2D eigenvalue weighted by atomic mass is 10.1. The van der Waals surface area contributed by atoms with Gasteiger partial charge < -0.3 is 23.6 Å². The van der Waals surface area contributed by atoms with Gasteiger partial charge in [0.25, 0.3) is 5.88 Å². The maximum atomic E-state index is 11.9. The van der Waals surface area contributed by atoms with E-state index in [0.717, 1.165) is 0 Å². The summed E-state index contributed by atoms with van der Waals surface area (Å²) in [5.74, 6) is -0.368. The average Bonchev–Trinajstić information content (AvgIpc) is 2.65. The summed E-state index contributed by atoms with van der Waals surface area (Å²) in [5, 5.41) is 13.1. The third kappa shape index (κ3) is 2.50. The van der Waals surface area contributed by atoms with E-state index in [4.69, 9.17) is 13.1 Å². The van der Waals surface area contributed by atoms with Gasteiger partial charge in [0.1, 0.15) is 0 Å². The van der Waals surface area contributed by atoms with Crippen molar-refractivity contribution >= 4 is 27.2 Å². The number of hydrogen-bond donors (Lipinski definition) is 2. The van der Waals surface area contributed by atoms with Crippen molar-refractivity contribution in [2.24, 2.45) is 0 Å². The quantitative estimate of drug-likeness (QED) is 0.781. The maximum absolute atomic E-state index is 11.9. The highest BCUT2D eigenvalue weighted by Crippen LogP contribution is 2.45. The molecule has 1 aliphatic heterocycles. The lowest BCUT2D eigenvalue weighted by Crippen LogP contribution is -2.22. The lowest BCUT2D eigenvalue weighted by molar-refractivity contribution is -0.118. The number of rotatable bonds is 4. The van der Waals surface area contributed by atoms with E-state index in [9.17, 15) is 18.4 Å². The van der Waals surface area contributed by atoms with Crippen LogP contribution in [0.15, 0.2) is 12.1 Å². The Balaban J connectivity index is 2.22. The molecule has 0 aliphatic carbocycles. The Morgan fingerprint density at radius 3 is 2.78 bits per heavy atom. The zero-order chi connectivity index (χ0) is 16.8. The molecule has 0 fully saturated rings. The van der Waals surface area contributed by atoms with E-state index in [1.165, 1.54) is 20.1 Å². The third-order valence-electron chi connectivity index (χ3n) is 3.42. The van der Waals surface area contributed by atoms with Crippen LogP contribution in [0.25, 0.3) is 10.9 Å². The molecule has 9 nitrogen and oxygen atoms in total. The topological polar surface area (TPSA) is 116 Å². The molecule has 23 heavy (non-hydrogen) atoms. The molecule has 0 saturated carbocycles. The minimum Gasteiger partial charge on any atom is -0.493 e. The molecular formula is C13H14N2O7S. The zero-order valence-corrected chi connectivity index (χ0v) is 13.1. The van der Waals surface area contributed by atoms with Crippen LogP contribution in [0.4, 0.5) is 0 Å². The van der Waals surface area contributed by atoms with Crippen molar-refractivity contribution in [1.29, 1.82) is 0 Å². The molecule has 1 aliphatic rings. The summed E-state index contributed by atoms with van der Waals surface area (Å²) in [4.78, 5) is 11.0. The maximum Gasteiger partial charge on any atom is 0.502 e. The number of carbonyl (C=O) groups excluding carboxylic acids is 1. The third-order valence-corrected chi connectivity index (χ3v) is 4.15. The number of nitrogens with one attached hydrogen (secondary N) is 1. The number of nitrogens with zero attached hydrogens (tertiary/aromatic N) is 1. The number of carbonyl (C=O) groups is 1. The number of amides is 1. The molecule has 10 heteroatoms. The second-order valence-corrected chi connectivity index (χ2v) is 6.04. The number of hydrogen-bond acceptors (Lipinski definition) is 7. The Labute approximate surface area is 131 Å². The minimum absolute atomic E-state index is 0.0608. The van der Waals surface area contributed by atoms with Crippen LogP contribution in [0, 0.1) is 0 Å². The molecule has 1 aromatic carbocycles. The Morgan fingerprint density at radius 1 is 1.39 bits per heavy atom. The highest BCUT2D eigenvalue weighted by Gasteiger charge is 2.34. The van der Waals surface area contributed by atoms with Gasteiger partial charge in [-0.3, -0.25) is 4.79 Å². The summed E-state index contributed by atoms with van der Waals surface area (Å²) in [6.07, 6.45) is 0.234. The smallest absolute Gasteiger partial charge is 0.493 e. The number of fused-ring (bicyclic) bond motifs is 1. The summed E-state index contributed by atoms with van der Waals surface area (Å²) in [7, 11) is -3.04. The van der Waals surface area contributed by atoms with Crippen LogP contribution in [0.1, 0.15) is 12.5 Å². The SMILES string of the molecule is COc1ccc2c3c(CCNC(C)=O)c(n2O)OS(=O)(=O)Oc13. The van der Waals surface area contributed by atoms with Gasteiger partial charge in [-0.05, 0) is 18.6 Å². The van der Waals surface area contributed by atoms with Gasteiger partial charge >= 0.3 is 10.4 Å². The van der Waals surface area contributed by atoms with Crippen LogP contribution in [0.3, 0.4) is 0 Å². The van der Waals surface area contributed by atoms with Gasteiger partial charge in [-0.25, -0.2) is 0 Å². The minimum atomic E-state index is -4.40. The van der Waals surface area contributed by atoms with Gasteiger partial charge in [0.2, 0.25) is 5.91 Å². The molecule has 0 radical (unpaired) electrons. The number of methoxy groups -OCH3 is 1. The molecule has 0 spiro atoms. The molecule has 0 atom stereocenters. The van der Waals surface area contributed by atoms with E-state index in [2.05, 4.69) is 5.32 Å². The van der Waals surface area contributed by atoms with E-state index in [-0.39, 0.29) is 36.3 Å². The molecule has 1 amide bonds. The van der Waals surface area contributed by atoms with E-state index < -0.39 is 10.4 Å². The Morgan fingerprint density at radius 2 is 2.13 bits per heavy atom. The molecule has 3 rings (SSSR count). The fourth-order valence-electron chi connectivity index (χ4n) is 2.51. The average molecular weight is 342 g/mol. The van der Waals surface area contributed by atoms with Crippen LogP contribution in [0.2, 0.25) is 0 Å². The molecule has 2 aromatic rings. The van der Waals surface area contributed by atoms with Gasteiger partial charge in [0.15, 0.2) is 11.5 Å². The Hall–Kier alpha value is -2.62. The monoisotopic (exact) mass is 342 g/mol.